The lowest BCUT2D eigenvalue weighted by Crippen LogP contribution is -2.34. The highest BCUT2D eigenvalue weighted by Crippen LogP contribution is 2.09. The molecule has 23 heavy (non-hydrogen) atoms. The van der Waals surface area contributed by atoms with Crippen LogP contribution in [-0.4, -0.2) is 26.5 Å². The molecule has 0 saturated carbocycles. The maximum Gasteiger partial charge on any atom is 0.315 e. The summed E-state index contributed by atoms with van der Waals surface area (Å²) < 4.78 is 25.4. The minimum Gasteiger partial charge on any atom is -0.334 e. The molecule has 0 unspecified atom stereocenters. The second kappa shape index (κ2) is 7.70. The van der Waals surface area contributed by atoms with Crippen molar-refractivity contribution in [2.24, 2.45) is 0 Å². The van der Waals surface area contributed by atoms with Crippen LogP contribution in [0.3, 0.4) is 0 Å². The van der Waals surface area contributed by atoms with Crippen LogP contribution in [0, 0.1) is 0 Å². The minimum absolute atomic E-state index is 0.184. The average Bonchev–Trinajstić information content (AvgIpc) is 2.59. The predicted octanol–water partition coefficient (Wildman–Crippen LogP) is 0.989. The van der Waals surface area contributed by atoms with Crippen molar-refractivity contribution >= 4 is 16.1 Å². The molecule has 3 N–H and O–H groups in total. The number of hydrogen-bond acceptors (Lipinski definition) is 4. The van der Waals surface area contributed by atoms with Gasteiger partial charge >= 0.3 is 6.03 Å². The lowest BCUT2D eigenvalue weighted by Gasteiger charge is -2.08. The summed E-state index contributed by atoms with van der Waals surface area (Å²) in [5.41, 5.74) is 1.57. The van der Waals surface area contributed by atoms with Crippen molar-refractivity contribution in [2.75, 3.05) is 7.05 Å². The summed E-state index contributed by atoms with van der Waals surface area (Å²) in [6.45, 7) is 0.639. The number of benzene rings is 1. The molecular formula is C15H18N4O3S. The summed E-state index contributed by atoms with van der Waals surface area (Å²) in [5.74, 6) is 0. The number of carbonyl (C=O) groups excluding carboxylic acids is 1. The number of hydrogen-bond donors (Lipinski definition) is 3. The van der Waals surface area contributed by atoms with E-state index in [0.29, 0.717) is 13.1 Å². The number of urea groups is 1. The molecule has 7 nitrogen and oxygen atoms in total. The minimum atomic E-state index is -3.44. The molecule has 1 heterocycles. The van der Waals surface area contributed by atoms with Crippen LogP contribution in [0.4, 0.5) is 4.79 Å². The van der Waals surface area contributed by atoms with Crippen LogP contribution in [0.1, 0.15) is 11.3 Å². The SMILES string of the molecule is CNS(=O)(=O)c1ccc(CNC(=O)NCc2ccccn2)cc1. The van der Waals surface area contributed by atoms with Crippen molar-refractivity contribution < 1.29 is 13.2 Å². The molecule has 0 aliphatic rings. The Bertz CT molecular complexity index is 746. The standard InChI is InChI=1S/C15H18N4O3S/c1-16-23(21,22)14-7-5-12(6-8-14)10-18-15(20)19-11-13-4-2-3-9-17-13/h2-9,16H,10-11H2,1H3,(H2,18,19,20). The van der Waals surface area contributed by atoms with E-state index in [4.69, 9.17) is 0 Å². The van der Waals surface area contributed by atoms with E-state index in [1.165, 1.54) is 19.2 Å². The first-order valence-electron chi connectivity index (χ1n) is 6.95. The van der Waals surface area contributed by atoms with Crippen molar-refractivity contribution in [3.63, 3.8) is 0 Å². The Morgan fingerprint density at radius 1 is 1.04 bits per heavy atom. The van der Waals surface area contributed by atoms with Crippen LogP contribution < -0.4 is 15.4 Å². The molecule has 0 radical (unpaired) electrons. The summed E-state index contributed by atoms with van der Waals surface area (Å²) >= 11 is 0. The first-order chi connectivity index (χ1) is 11.0. The Hall–Kier alpha value is -2.45. The van der Waals surface area contributed by atoms with Crippen LogP contribution in [0.25, 0.3) is 0 Å². The molecule has 0 saturated heterocycles. The molecule has 0 aliphatic heterocycles. The zero-order valence-corrected chi connectivity index (χ0v) is 13.4. The van der Waals surface area contributed by atoms with E-state index in [1.807, 2.05) is 18.2 Å². The fourth-order valence-corrected chi connectivity index (χ4v) is 2.55. The smallest absolute Gasteiger partial charge is 0.315 e. The van der Waals surface area contributed by atoms with Crippen molar-refractivity contribution in [3.05, 3.63) is 59.9 Å². The van der Waals surface area contributed by atoms with E-state index in [2.05, 4.69) is 20.3 Å². The molecule has 2 rings (SSSR count). The van der Waals surface area contributed by atoms with Crippen molar-refractivity contribution in [2.45, 2.75) is 18.0 Å². The summed E-state index contributed by atoms with van der Waals surface area (Å²) in [4.78, 5) is 16.0. The van der Waals surface area contributed by atoms with Gasteiger partial charge in [-0.2, -0.15) is 0 Å². The Kier molecular flexibility index (Phi) is 5.67. The summed E-state index contributed by atoms with van der Waals surface area (Å²) in [5, 5.41) is 5.39. The molecule has 1 aromatic heterocycles. The number of aromatic nitrogens is 1. The first kappa shape index (κ1) is 16.9. The van der Waals surface area contributed by atoms with E-state index in [1.54, 1.807) is 18.3 Å². The van der Waals surface area contributed by atoms with Gasteiger partial charge < -0.3 is 10.6 Å². The van der Waals surface area contributed by atoms with Crippen molar-refractivity contribution in [3.8, 4) is 0 Å². The van der Waals surface area contributed by atoms with Gasteiger partial charge in [0.15, 0.2) is 0 Å². The maximum absolute atomic E-state index is 11.7. The lowest BCUT2D eigenvalue weighted by atomic mass is 10.2. The Balaban J connectivity index is 1.82. The van der Waals surface area contributed by atoms with Gasteiger partial charge in [0.05, 0.1) is 17.1 Å². The fraction of sp³-hybridized carbons (Fsp3) is 0.200. The van der Waals surface area contributed by atoms with Crippen LogP contribution in [0.5, 0.6) is 0 Å². The van der Waals surface area contributed by atoms with Crippen LogP contribution in [0.2, 0.25) is 0 Å². The van der Waals surface area contributed by atoms with Gasteiger partial charge in [-0.15, -0.1) is 0 Å². The molecule has 0 atom stereocenters. The molecule has 0 fully saturated rings. The number of rotatable bonds is 6. The second-order valence-corrected chi connectivity index (χ2v) is 6.60. The largest absolute Gasteiger partial charge is 0.334 e. The van der Waals surface area contributed by atoms with Gasteiger partial charge in [0.1, 0.15) is 0 Å². The highest BCUT2D eigenvalue weighted by molar-refractivity contribution is 7.89. The summed E-state index contributed by atoms with van der Waals surface area (Å²) in [6.07, 6.45) is 1.66. The van der Waals surface area contributed by atoms with E-state index < -0.39 is 10.0 Å². The van der Waals surface area contributed by atoms with Crippen molar-refractivity contribution in [1.82, 2.24) is 20.3 Å². The molecule has 2 amide bonds. The molecular weight excluding hydrogens is 316 g/mol. The molecule has 0 aliphatic carbocycles. The highest BCUT2D eigenvalue weighted by atomic mass is 32.2. The Labute approximate surface area is 135 Å². The van der Waals surface area contributed by atoms with Gasteiger partial charge in [-0.25, -0.2) is 17.9 Å². The van der Waals surface area contributed by atoms with E-state index >= 15 is 0 Å². The highest BCUT2D eigenvalue weighted by Gasteiger charge is 2.10. The average molecular weight is 334 g/mol. The van der Waals surface area contributed by atoms with Gasteiger partial charge in [-0.05, 0) is 36.9 Å². The summed E-state index contributed by atoms with van der Waals surface area (Å²) in [7, 11) is -2.08. The third-order valence-corrected chi connectivity index (χ3v) is 4.54. The Morgan fingerprint density at radius 2 is 1.74 bits per heavy atom. The van der Waals surface area contributed by atoms with E-state index in [9.17, 15) is 13.2 Å². The number of nitrogens with one attached hydrogen (secondary N) is 3. The van der Waals surface area contributed by atoms with E-state index in [-0.39, 0.29) is 10.9 Å². The van der Waals surface area contributed by atoms with Crippen LogP contribution in [-0.2, 0) is 23.1 Å². The topological polar surface area (TPSA) is 100 Å². The Morgan fingerprint density at radius 3 is 2.35 bits per heavy atom. The molecule has 0 bridgehead atoms. The van der Waals surface area contributed by atoms with Crippen molar-refractivity contribution in [1.29, 1.82) is 0 Å². The monoisotopic (exact) mass is 334 g/mol. The van der Waals surface area contributed by atoms with Gasteiger partial charge in [-0.1, -0.05) is 18.2 Å². The normalized spacial score (nSPS) is 11.0. The quantitative estimate of drug-likeness (QED) is 0.733. The molecule has 2 aromatic rings. The number of pyridine rings is 1. The van der Waals surface area contributed by atoms with Gasteiger partial charge in [0, 0.05) is 12.7 Å². The predicted molar refractivity (Wildman–Crippen MR) is 86.0 cm³/mol. The fourth-order valence-electron chi connectivity index (χ4n) is 1.82. The third-order valence-electron chi connectivity index (χ3n) is 3.11. The maximum atomic E-state index is 11.7. The second-order valence-electron chi connectivity index (χ2n) is 4.71. The van der Waals surface area contributed by atoms with Gasteiger partial charge in [-0.3, -0.25) is 4.98 Å². The number of nitrogens with zero attached hydrogens (tertiary/aromatic N) is 1. The number of amides is 2. The van der Waals surface area contributed by atoms with Gasteiger partial charge in [0.25, 0.3) is 0 Å². The number of sulfonamides is 1. The molecule has 122 valence electrons. The summed E-state index contributed by atoms with van der Waals surface area (Å²) in [6, 6.07) is 11.5. The lowest BCUT2D eigenvalue weighted by molar-refractivity contribution is 0.240. The molecule has 1 aromatic carbocycles. The third kappa shape index (κ3) is 5.04. The van der Waals surface area contributed by atoms with Crippen LogP contribution in [0.15, 0.2) is 53.6 Å². The molecule has 0 spiro atoms. The van der Waals surface area contributed by atoms with Crippen LogP contribution >= 0.6 is 0 Å². The first-order valence-corrected chi connectivity index (χ1v) is 8.43. The van der Waals surface area contributed by atoms with Gasteiger partial charge in [0.2, 0.25) is 10.0 Å². The zero-order chi connectivity index (χ0) is 16.7. The van der Waals surface area contributed by atoms with E-state index in [0.717, 1.165) is 11.3 Å². The molecule has 8 heteroatoms. The number of carbonyl (C=O) groups is 1. The zero-order valence-electron chi connectivity index (χ0n) is 12.6.